The first-order valence-corrected chi connectivity index (χ1v) is 8.76. The van der Waals surface area contributed by atoms with Gasteiger partial charge in [-0.1, -0.05) is 18.2 Å². The van der Waals surface area contributed by atoms with Gasteiger partial charge in [0.15, 0.2) is 0 Å². The van der Waals surface area contributed by atoms with Gasteiger partial charge in [-0.3, -0.25) is 9.59 Å². The van der Waals surface area contributed by atoms with Crippen molar-refractivity contribution in [3.05, 3.63) is 54.1 Å². The number of amides is 2. The predicted molar refractivity (Wildman–Crippen MR) is 96.4 cm³/mol. The van der Waals surface area contributed by atoms with Crippen LogP contribution >= 0.6 is 11.8 Å². The summed E-state index contributed by atoms with van der Waals surface area (Å²) in [5.74, 6) is 0.134. The van der Waals surface area contributed by atoms with Crippen LogP contribution in [0.3, 0.4) is 0 Å². The van der Waals surface area contributed by atoms with Crippen LogP contribution in [0.25, 0.3) is 0 Å². The van der Waals surface area contributed by atoms with Crippen molar-refractivity contribution in [3.63, 3.8) is 0 Å². The van der Waals surface area contributed by atoms with Crippen LogP contribution in [0.1, 0.15) is 12.0 Å². The average Bonchev–Trinajstić information content (AvgIpc) is 2.73. The predicted octanol–water partition coefficient (Wildman–Crippen LogP) is 3.02. The average molecular weight is 342 g/mol. The van der Waals surface area contributed by atoms with Crippen molar-refractivity contribution in [1.82, 2.24) is 0 Å². The highest BCUT2D eigenvalue weighted by atomic mass is 32.2. The molecule has 1 unspecified atom stereocenters. The van der Waals surface area contributed by atoms with Crippen molar-refractivity contribution >= 4 is 35.0 Å². The van der Waals surface area contributed by atoms with Gasteiger partial charge in [-0.15, -0.1) is 11.8 Å². The van der Waals surface area contributed by atoms with Crippen LogP contribution in [0.2, 0.25) is 0 Å². The zero-order chi connectivity index (χ0) is 16.9. The number of aromatic hydroxyl groups is 1. The first kappa shape index (κ1) is 16.4. The second-order valence-corrected chi connectivity index (χ2v) is 6.77. The number of fused-ring (bicyclic) bond motifs is 1. The molecule has 0 fully saturated rings. The molecule has 2 aromatic carbocycles. The molecule has 6 heteroatoms. The molecule has 1 atom stereocenters. The summed E-state index contributed by atoms with van der Waals surface area (Å²) in [5.41, 5.74) is 2.61. The molecule has 3 N–H and O–H groups in total. The molecule has 1 aliphatic heterocycles. The second-order valence-electron chi connectivity index (χ2n) is 5.58. The van der Waals surface area contributed by atoms with E-state index in [-0.39, 0.29) is 28.6 Å². The third-order valence-corrected chi connectivity index (χ3v) is 5.09. The van der Waals surface area contributed by atoms with Gasteiger partial charge in [0.25, 0.3) is 0 Å². The number of para-hydroxylation sites is 1. The number of thioether (sulfide) groups is 1. The minimum atomic E-state index is -0.247. The number of rotatable bonds is 4. The monoisotopic (exact) mass is 342 g/mol. The molecule has 124 valence electrons. The molecule has 1 aliphatic rings. The maximum absolute atomic E-state index is 12.3. The number of anilines is 2. The van der Waals surface area contributed by atoms with E-state index in [9.17, 15) is 14.7 Å². The molecular weight excluding hydrogens is 324 g/mol. The Hall–Kier alpha value is -2.47. The molecule has 5 nitrogen and oxygen atoms in total. The van der Waals surface area contributed by atoms with E-state index in [1.54, 1.807) is 12.1 Å². The van der Waals surface area contributed by atoms with Crippen LogP contribution < -0.4 is 10.6 Å². The lowest BCUT2D eigenvalue weighted by molar-refractivity contribution is -0.115. The van der Waals surface area contributed by atoms with Crippen molar-refractivity contribution in [2.45, 2.75) is 18.1 Å². The maximum atomic E-state index is 12.3. The lowest BCUT2D eigenvalue weighted by atomic mass is 10.1. The van der Waals surface area contributed by atoms with Gasteiger partial charge in [0.05, 0.1) is 11.0 Å². The summed E-state index contributed by atoms with van der Waals surface area (Å²) >= 11 is 1.35. The van der Waals surface area contributed by atoms with E-state index in [0.717, 1.165) is 17.7 Å². The molecular formula is C18H18N2O3S. The summed E-state index contributed by atoms with van der Waals surface area (Å²) in [7, 11) is 0. The van der Waals surface area contributed by atoms with Gasteiger partial charge in [-0.05, 0) is 48.7 Å². The zero-order valence-corrected chi connectivity index (χ0v) is 13.8. The zero-order valence-electron chi connectivity index (χ0n) is 13.0. The van der Waals surface area contributed by atoms with Crippen molar-refractivity contribution in [3.8, 4) is 5.75 Å². The lowest BCUT2D eigenvalue weighted by Gasteiger charge is -2.12. The van der Waals surface area contributed by atoms with E-state index in [2.05, 4.69) is 10.6 Å². The fourth-order valence-electron chi connectivity index (χ4n) is 2.57. The Morgan fingerprint density at radius 1 is 1.21 bits per heavy atom. The summed E-state index contributed by atoms with van der Waals surface area (Å²) < 4.78 is 0. The molecule has 0 saturated carbocycles. The molecule has 0 aliphatic carbocycles. The highest BCUT2D eigenvalue weighted by molar-refractivity contribution is 8.01. The van der Waals surface area contributed by atoms with Crippen LogP contribution in [-0.2, 0) is 16.0 Å². The summed E-state index contributed by atoms with van der Waals surface area (Å²) in [4.78, 5) is 24.3. The SMILES string of the molecule is O=C(CSC1CCc2ccccc2NC1=O)Nc1ccc(O)cc1. The van der Waals surface area contributed by atoms with Crippen LogP contribution in [0.15, 0.2) is 48.5 Å². The Labute approximate surface area is 144 Å². The molecule has 1 heterocycles. The minimum Gasteiger partial charge on any atom is -0.508 e. The fraction of sp³-hybridized carbons (Fsp3) is 0.222. The Morgan fingerprint density at radius 3 is 2.75 bits per heavy atom. The van der Waals surface area contributed by atoms with Crippen LogP contribution in [0, 0.1) is 0 Å². The summed E-state index contributed by atoms with van der Waals surface area (Å²) in [6.07, 6.45) is 1.52. The number of carbonyl (C=O) groups excluding carboxylic acids is 2. The van der Waals surface area contributed by atoms with Crippen molar-refractivity contribution in [2.24, 2.45) is 0 Å². The Morgan fingerprint density at radius 2 is 1.96 bits per heavy atom. The van der Waals surface area contributed by atoms with Gasteiger partial charge in [0, 0.05) is 11.4 Å². The maximum Gasteiger partial charge on any atom is 0.237 e. The quantitative estimate of drug-likeness (QED) is 0.746. The number of phenolic OH excluding ortho intramolecular Hbond substituents is 1. The number of carbonyl (C=O) groups is 2. The smallest absolute Gasteiger partial charge is 0.237 e. The van der Waals surface area contributed by atoms with Gasteiger partial charge >= 0.3 is 0 Å². The van der Waals surface area contributed by atoms with E-state index < -0.39 is 0 Å². The molecule has 2 aromatic rings. The van der Waals surface area contributed by atoms with Gasteiger partial charge in [0.2, 0.25) is 11.8 Å². The molecule has 0 spiro atoms. The fourth-order valence-corrected chi connectivity index (χ4v) is 3.49. The van der Waals surface area contributed by atoms with Gasteiger partial charge in [-0.25, -0.2) is 0 Å². The third kappa shape index (κ3) is 4.08. The number of aryl methyl sites for hydroxylation is 1. The van der Waals surface area contributed by atoms with Gasteiger partial charge in [-0.2, -0.15) is 0 Å². The van der Waals surface area contributed by atoms with E-state index in [4.69, 9.17) is 0 Å². The standard InChI is InChI=1S/C18H18N2O3S/c21-14-8-6-13(7-9-14)19-17(22)11-24-16-10-5-12-3-1-2-4-15(12)20-18(16)23/h1-4,6-9,16,21H,5,10-11H2,(H,19,22)(H,20,23). The summed E-state index contributed by atoms with van der Waals surface area (Å²) in [5, 5.41) is 14.7. The number of nitrogens with one attached hydrogen (secondary N) is 2. The van der Waals surface area contributed by atoms with Crippen molar-refractivity contribution in [1.29, 1.82) is 0 Å². The van der Waals surface area contributed by atoms with Crippen molar-refractivity contribution in [2.75, 3.05) is 16.4 Å². The number of benzene rings is 2. The van der Waals surface area contributed by atoms with Gasteiger partial charge in [0.1, 0.15) is 5.75 Å². The Bertz CT molecular complexity index is 746. The number of hydrogen-bond donors (Lipinski definition) is 3. The van der Waals surface area contributed by atoms with Gasteiger partial charge < -0.3 is 15.7 Å². The molecule has 24 heavy (non-hydrogen) atoms. The number of hydrogen-bond acceptors (Lipinski definition) is 4. The Kier molecular flexibility index (Phi) is 5.05. The highest BCUT2D eigenvalue weighted by Crippen LogP contribution is 2.27. The number of phenols is 1. The van der Waals surface area contributed by atoms with E-state index in [1.165, 1.54) is 23.9 Å². The second kappa shape index (κ2) is 7.40. The topological polar surface area (TPSA) is 78.4 Å². The molecule has 0 saturated heterocycles. The van der Waals surface area contributed by atoms with E-state index in [0.29, 0.717) is 12.1 Å². The van der Waals surface area contributed by atoms with Crippen LogP contribution in [0.5, 0.6) is 5.75 Å². The first-order valence-electron chi connectivity index (χ1n) is 7.71. The van der Waals surface area contributed by atoms with Crippen molar-refractivity contribution < 1.29 is 14.7 Å². The highest BCUT2D eigenvalue weighted by Gasteiger charge is 2.24. The van der Waals surface area contributed by atoms with Crippen LogP contribution in [-0.4, -0.2) is 27.9 Å². The molecule has 2 amide bonds. The minimum absolute atomic E-state index is 0.0533. The normalized spacial score (nSPS) is 16.7. The molecule has 0 radical (unpaired) electrons. The van der Waals surface area contributed by atoms with Crippen LogP contribution in [0.4, 0.5) is 11.4 Å². The summed E-state index contributed by atoms with van der Waals surface area (Å²) in [6.45, 7) is 0. The lowest BCUT2D eigenvalue weighted by Crippen LogP contribution is -2.26. The first-order chi connectivity index (χ1) is 11.6. The Balaban J connectivity index is 1.54. The molecule has 0 bridgehead atoms. The summed E-state index contributed by atoms with van der Waals surface area (Å²) in [6, 6.07) is 14.1. The molecule has 0 aromatic heterocycles. The van der Waals surface area contributed by atoms with E-state index >= 15 is 0 Å². The van der Waals surface area contributed by atoms with E-state index in [1.807, 2.05) is 24.3 Å². The largest absolute Gasteiger partial charge is 0.508 e. The third-order valence-electron chi connectivity index (χ3n) is 3.81. The molecule has 3 rings (SSSR count).